The van der Waals surface area contributed by atoms with Gasteiger partial charge in [-0.2, -0.15) is 0 Å². The van der Waals surface area contributed by atoms with Gasteiger partial charge < -0.3 is 19.5 Å². The SMILES string of the molecule is COc1ccccc1CCC(=O)NC1CCOCC1OC. The van der Waals surface area contributed by atoms with Crippen LogP contribution in [0.4, 0.5) is 0 Å². The van der Waals surface area contributed by atoms with Crippen molar-refractivity contribution in [1.82, 2.24) is 5.32 Å². The Bertz CT molecular complexity index is 463. The fourth-order valence-corrected chi connectivity index (χ4v) is 2.55. The summed E-state index contributed by atoms with van der Waals surface area (Å²) in [6.45, 7) is 1.20. The Morgan fingerprint density at radius 1 is 1.38 bits per heavy atom. The Labute approximate surface area is 125 Å². The first-order valence-electron chi connectivity index (χ1n) is 7.26. The average Bonchev–Trinajstić information content (AvgIpc) is 2.53. The van der Waals surface area contributed by atoms with Crippen molar-refractivity contribution in [2.45, 2.75) is 31.4 Å². The number of carbonyl (C=O) groups is 1. The molecule has 5 nitrogen and oxygen atoms in total. The largest absolute Gasteiger partial charge is 0.496 e. The van der Waals surface area contributed by atoms with Crippen LogP contribution < -0.4 is 10.1 Å². The third-order valence-electron chi connectivity index (χ3n) is 3.77. The van der Waals surface area contributed by atoms with E-state index in [9.17, 15) is 4.79 Å². The maximum Gasteiger partial charge on any atom is 0.220 e. The molecule has 21 heavy (non-hydrogen) atoms. The molecule has 0 aromatic heterocycles. The van der Waals surface area contributed by atoms with E-state index in [0.29, 0.717) is 26.1 Å². The third-order valence-corrected chi connectivity index (χ3v) is 3.77. The predicted molar refractivity (Wildman–Crippen MR) is 79.5 cm³/mol. The zero-order chi connectivity index (χ0) is 15.1. The van der Waals surface area contributed by atoms with Crippen LogP contribution in [0, 0.1) is 0 Å². The lowest BCUT2D eigenvalue weighted by Gasteiger charge is -2.31. The molecule has 0 aliphatic carbocycles. The zero-order valence-corrected chi connectivity index (χ0v) is 12.6. The highest BCUT2D eigenvalue weighted by molar-refractivity contribution is 5.76. The molecule has 1 saturated heterocycles. The summed E-state index contributed by atoms with van der Waals surface area (Å²) in [4.78, 5) is 12.1. The summed E-state index contributed by atoms with van der Waals surface area (Å²) in [7, 11) is 3.29. The molecule has 116 valence electrons. The van der Waals surface area contributed by atoms with Gasteiger partial charge in [0.1, 0.15) is 11.9 Å². The third kappa shape index (κ3) is 4.44. The number of ether oxygens (including phenoxy) is 3. The number of aryl methyl sites for hydroxylation is 1. The fourth-order valence-electron chi connectivity index (χ4n) is 2.55. The first kappa shape index (κ1) is 15.8. The molecule has 1 aromatic rings. The molecule has 1 aliphatic rings. The van der Waals surface area contributed by atoms with Gasteiger partial charge in [0.05, 0.1) is 19.8 Å². The minimum absolute atomic E-state index is 0.0360. The fraction of sp³-hybridized carbons (Fsp3) is 0.562. The second kappa shape index (κ2) is 8.00. The van der Waals surface area contributed by atoms with Crippen LogP contribution in [0.5, 0.6) is 5.75 Å². The summed E-state index contributed by atoms with van der Waals surface area (Å²) in [6, 6.07) is 7.81. The Morgan fingerprint density at radius 3 is 2.95 bits per heavy atom. The van der Waals surface area contributed by atoms with Crippen LogP contribution in [0.15, 0.2) is 24.3 Å². The van der Waals surface area contributed by atoms with Gasteiger partial charge >= 0.3 is 0 Å². The molecular weight excluding hydrogens is 270 g/mol. The standard InChI is InChI=1S/C16H23NO4/c1-19-14-6-4-3-5-12(14)7-8-16(18)17-13-9-10-21-11-15(13)20-2/h3-6,13,15H,7-11H2,1-2H3,(H,17,18). The summed E-state index contributed by atoms with van der Waals surface area (Å²) in [5.74, 6) is 0.862. The molecule has 0 spiro atoms. The zero-order valence-electron chi connectivity index (χ0n) is 12.6. The molecule has 2 rings (SSSR count). The normalized spacial score (nSPS) is 21.8. The van der Waals surface area contributed by atoms with Gasteiger partial charge in [-0.25, -0.2) is 0 Å². The van der Waals surface area contributed by atoms with Gasteiger partial charge in [0.25, 0.3) is 0 Å². The predicted octanol–water partition coefficient (Wildman–Crippen LogP) is 1.55. The molecule has 2 atom stereocenters. The summed E-state index contributed by atoms with van der Waals surface area (Å²) in [5, 5.41) is 3.04. The molecule has 0 radical (unpaired) electrons. The van der Waals surface area contributed by atoms with Gasteiger partial charge in [0.15, 0.2) is 0 Å². The van der Waals surface area contributed by atoms with Crippen molar-refractivity contribution in [2.75, 3.05) is 27.4 Å². The van der Waals surface area contributed by atoms with Crippen LogP contribution >= 0.6 is 0 Å². The number of rotatable bonds is 6. The van der Waals surface area contributed by atoms with Crippen LogP contribution in [0.2, 0.25) is 0 Å². The van der Waals surface area contributed by atoms with Crippen molar-refractivity contribution in [3.8, 4) is 5.75 Å². The number of methoxy groups -OCH3 is 2. The van der Waals surface area contributed by atoms with E-state index in [4.69, 9.17) is 14.2 Å². The molecule has 0 bridgehead atoms. The van der Waals surface area contributed by atoms with E-state index < -0.39 is 0 Å². The summed E-state index contributed by atoms with van der Waals surface area (Å²) >= 11 is 0. The molecule has 1 amide bonds. The van der Waals surface area contributed by atoms with E-state index in [1.165, 1.54) is 0 Å². The van der Waals surface area contributed by atoms with Crippen molar-refractivity contribution < 1.29 is 19.0 Å². The molecule has 1 fully saturated rings. The molecular formula is C16H23NO4. The number of hydrogen-bond acceptors (Lipinski definition) is 4. The lowest BCUT2D eigenvalue weighted by molar-refractivity contribution is -0.125. The van der Waals surface area contributed by atoms with Gasteiger partial charge in [-0.1, -0.05) is 18.2 Å². The van der Waals surface area contributed by atoms with Crippen molar-refractivity contribution in [3.63, 3.8) is 0 Å². The summed E-state index contributed by atoms with van der Waals surface area (Å²) < 4.78 is 16.0. The highest BCUT2D eigenvalue weighted by atomic mass is 16.5. The number of hydrogen-bond donors (Lipinski definition) is 1. The van der Waals surface area contributed by atoms with E-state index in [1.54, 1.807) is 14.2 Å². The highest BCUT2D eigenvalue weighted by Gasteiger charge is 2.26. The smallest absolute Gasteiger partial charge is 0.220 e. The summed E-state index contributed by atoms with van der Waals surface area (Å²) in [5.41, 5.74) is 1.05. The van der Waals surface area contributed by atoms with E-state index >= 15 is 0 Å². The molecule has 1 aliphatic heterocycles. The number of benzene rings is 1. The molecule has 1 heterocycles. The van der Waals surface area contributed by atoms with Gasteiger partial charge in [-0.05, 0) is 24.5 Å². The molecule has 2 unspecified atom stereocenters. The van der Waals surface area contributed by atoms with E-state index in [0.717, 1.165) is 17.7 Å². The molecule has 5 heteroatoms. The van der Waals surface area contributed by atoms with Gasteiger partial charge in [0.2, 0.25) is 5.91 Å². The monoisotopic (exact) mass is 293 g/mol. The number of amides is 1. The first-order chi connectivity index (χ1) is 10.2. The summed E-state index contributed by atoms with van der Waals surface area (Å²) in [6.07, 6.45) is 1.83. The number of para-hydroxylation sites is 1. The van der Waals surface area contributed by atoms with E-state index in [-0.39, 0.29) is 18.1 Å². The lowest BCUT2D eigenvalue weighted by atomic mass is 10.0. The Hall–Kier alpha value is -1.59. The second-order valence-electron chi connectivity index (χ2n) is 5.12. The van der Waals surface area contributed by atoms with Crippen LogP contribution in [0.3, 0.4) is 0 Å². The Morgan fingerprint density at radius 2 is 2.19 bits per heavy atom. The highest BCUT2D eigenvalue weighted by Crippen LogP contribution is 2.19. The van der Waals surface area contributed by atoms with Crippen LogP contribution in [-0.4, -0.2) is 45.5 Å². The number of nitrogens with one attached hydrogen (secondary N) is 1. The van der Waals surface area contributed by atoms with Crippen LogP contribution in [0.1, 0.15) is 18.4 Å². The number of carbonyl (C=O) groups excluding carboxylic acids is 1. The Kier molecular flexibility index (Phi) is 6.02. The Balaban J connectivity index is 1.84. The quantitative estimate of drug-likeness (QED) is 0.864. The lowest BCUT2D eigenvalue weighted by Crippen LogP contribution is -2.49. The van der Waals surface area contributed by atoms with E-state index in [1.807, 2.05) is 24.3 Å². The molecule has 0 saturated carbocycles. The minimum atomic E-state index is -0.0611. The first-order valence-corrected chi connectivity index (χ1v) is 7.26. The van der Waals surface area contributed by atoms with Crippen LogP contribution in [-0.2, 0) is 20.7 Å². The van der Waals surface area contributed by atoms with E-state index in [2.05, 4.69) is 5.32 Å². The van der Waals surface area contributed by atoms with Crippen molar-refractivity contribution >= 4 is 5.91 Å². The van der Waals surface area contributed by atoms with Gasteiger partial charge in [-0.3, -0.25) is 4.79 Å². The topological polar surface area (TPSA) is 56.8 Å². The van der Waals surface area contributed by atoms with Gasteiger partial charge in [0, 0.05) is 20.1 Å². The molecule has 1 aromatic carbocycles. The average molecular weight is 293 g/mol. The van der Waals surface area contributed by atoms with Crippen LogP contribution in [0.25, 0.3) is 0 Å². The maximum absolute atomic E-state index is 12.1. The molecule has 1 N–H and O–H groups in total. The minimum Gasteiger partial charge on any atom is -0.496 e. The van der Waals surface area contributed by atoms with Gasteiger partial charge in [-0.15, -0.1) is 0 Å². The van der Waals surface area contributed by atoms with Crippen molar-refractivity contribution in [2.24, 2.45) is 0 Å². The van der Waals surface area contributed by atoms with Crippen molar-refractivity contribution in [3.05, 3.63) is 29.8 Å². The maximum atomic E-state index is 12.1. The second-order valence-corrected chi connectivity index (χ2v) is 5.12. The van der Waals surface area contributed by atoms with Crippen molar-refractivity contribution in [1.29, 1.82) is 0 Å².